The lowest BCUT2D eigenvalue weighted by Crippen LogP contribution is -2.49. The van der Waals surface area contributed by atoms with Gasteiger partial charge in [0.1, 0.15) is 30.0 Å². The lowest BCUT2D eigenvalue weighted by Gasteiger charge is -2.37. The molecule has 1 fully saturated rings. The van der Waals surface area contributed by atoms with E-state index in [9.17, 15) is 14.7 Å². The Kier molecular flexibility index (Phi) is 6.48. The summed E-state index contributed by atoms with van der Waals surface area (Å²) in [7, 11) is 1.67. The summed E-state index contributed by atoms with van der Waals surface area (Å²) in [5, 5.41) is 10.4. The van der Waals surface area contributed by atoms with Gasteiger partial charge in [0.2, 0.25) is 11.9 Å². The minimum atomic E-state index is -1.29. The molecule has 32 heavy (non-hydrogen) atoms. The van der Waals surface area contributed by atoms with Gasteiger partial charge in [0, 0.05) is 32.7 Å². The number of amides is 1. The first-order valence-corrected chi connectivity index (χ1v) is 10.5. The number of para-hydroxylation sites is 2. The van der Waals surface area contributed by atoms with Gasteiger partial charge in [-0.3, -0.25) is 14.5 Å². The summed E-state index contributed by atoms with van der Waals surface area (Å²) in [4.78, 5) is 28.0. The Morgan fingerprint density at radius 2 is 1.97 bits per heavy atom. The number of aliphatic hydroxyl groups is 1. The average molecular weight is 441 g/mol. The molecule has 4 rings (SSSR count). The second-order valence-electron chi connectivity index (χ2n) is 7.85. The van der Waals surface area contributed by atoms with Crippen LogP contribution in [0.5, 0.6) is 17.2 Å². The third-order valence-electron chi connectivity index (χ3n) is 5.67. The number of hydrogen-bond donors (Lipinski definition) is 2. The maximum absolute atomic E-state index is 12.2. The predicted molar refractivity (Wildman–Crippen MR) is 118 cm³/mol. The lowest BCUT2D eigenvalue weighted by molar-refractivity contribution is -0.122. The number of primary amides is 1. The van der Waals surface area contributed by atoms with Gasteiger partial charge in [-0.25, -0.2) is 0 Å². The van der Waals surface area contributed by atoms with Crippen molar-refractivity contribution in [1.82, 2.24) is 4.90 Å². The van der Waals surface area contributed by atoms with Crippen LogP contribution in [0.15, 0.2) is 42.5 Å². The number of carbonyl (C=O) groups excluding carboxylic acids is 2. The van der Waals surface area contributed by atoms with E-state index in [0.717, 1.165) is 37.6 Å². The third-order valence-corrected chi connectivity index (χ3v) is 5.67. The van der Waals surface area contributed by atoms with E-state index in [2.05, 4.69) is 15.9 Å². The SMILES string of the molecule is COc1ccccc1N1CCN(CC(O)COc2ccc3c(c2)C(=O)C(C(N)=O)O3)CC1. The summed E-state index contributed by atoms with van der Waals surface area (Å²) in [5.74, 6) is 0.279. The maximum atomic E-state index is 12.2. The van der Waals surface area contributed by atoms with E-state index in [0.29, 0.717) is 18.0 Å². The van der Waals surface area contributed by atoms with Crippen molar-refractivity contribution in [3.63, 3.8) is 0 Å². The van der Waals surface area contributed by atoms with Crippen molar-refractivity contribution in [1.29, 1.82) is 0 Å². The third kappa shape index (κ3) is 4.63. The number of fused-ring (bicyclic) bond motifs is 1. The predicted octanol–water partition coefficient (Wildman–Crippen LogP) is 0.686. The van der Waals surface area contributed by atoms with Crippen LogP contribution in [0, 0.1) is 0 Å². The lowest BCUT2D eigenvalue weighted by atomic mass is 10.1. The molecule has 0 bridgehead atoms. The van der Waals surface area contributed by atoms with Crippen LogP contribution < -0.4 is 24.8 Å². The number of β-amino-alcohol motifs (C(OH)–C–C–N with tert-alkyl or cyclic N) is 1. The summed E-state index contributed by atoms with van der Waals surface area (Å²) in [6, 6.07) is 12.7. The highest BCUT2D eigenvalue weighted by molar-refractivity contribution is 6.16. The van der Waals surface area contributed by atoms with Gasteiger partial charge in [-0.1, -0.05) is 12.1 Å². The molecule has 2 atom stereocenters. The van der Waals surface area contributed by atoms with E-state index >= 15 is 0 Å². The highest BCUT2D eigenvalue weighted by Crippen LogP contribution is 2.32. The zero-order valence-electron chi connectivity index (χ0n) is 17.9. The minimum Gasteiger partial charge on any atom is -0.495 e. The zero-order valence-corrected chi connectivity index (χ0v) is 17.9. The number of piperazine rings is 1. The number of hydrogen-bond acceptors (Lipinski definition) is 8. The Hall–Kier alpha value is -3.30. The molecule has 2 aliphatic heterocycles. The van der Waals surface area contributed by atoms with Crippen molar-refractivity contribution in [3.8, 4) is 17.2 Å². The molecule has 1 amide bonds. The van der Waals surface area contributed by atoms with E-state index in [1.165, 1.54) is 6.07 Å². The average Bonchev–Trinajstić information content (AvgIpc) is 3.14. The highest BCUT2D eigenvalue weighted by Gasteiger charge is 2.36. The fourth-order valence-electron chi connectivity index (χ4n) is 4.01. The van der Waals surface area contributed by atoms with Crippen molar-refractivity contribution in [2.24, 2.45) is 5.73 Å². The molecule has 3 N–H and O–H groups in total. The van der Waals surface area contributed by atoms with Crippen LogP contribution in [-0.2, 0) is 4.79 Å². The summed E-state index contributed by atoms with van der Waals surface area (Å²) in [6.45, 7) is 3.86. The first-order valence-electron chi connectivity index (χ1n) is 10.5. The van der Waals surface area contributed by atoms with Gasteiger partial charge < -0.3 is 30.0 Å². The Morgan fingerprint density at radius 1 is 1.22 bits per heavy atom. The van der Waals surface area contributed by atoms with E-state index in [1.807, 2.05) is 18.2 Å². The van der Waals surface area contributed by atoms with Crippen LogP contribution >= 0.6 is 0 Å². The molecule has 9 nitrogen and oxygen atoms in total. The number of methoxy groups -OCH3 is 1. The summed E-state index contributed by atoms with van der Waals surface area (Å²) in [6.07, 6.45) is -1.98. The van der Waals surface area contributed by atoms with Crippen LogP contribution in [0.25, 0.3) is 0 Å². The standard InChI is InChI=1S/C23H27N3O6/c1-30-20-5-3-2-4-18(20)26-10-8-25(9-11-26)13-15(27)14-31-16-6-7-19-17(12-16)21(28)22(32-19)23(24)29/h2-7,12,15,22,27H,8-11,13-14H2,1H3,(H2,24,29). The molecule has 0 radical (unpaired) electrons. The quantitative estimate of drug-likeness (QED) is 0.575. The van der Waals surface area contributed by atoms with Crippen LogP contribution in [0.2, 0.25) is 0 Å². The molecule has 2 heterocycles. The zero-order chi connectivity index (χ0) is 22.7. The van der Waals surface area contributed by atoms with Crippen molar-refractivity contribution in [3.05, 3.63) is 48.0 Å². The smallest absolute Gasteiger partial charge is 0.266 e. The van der Waals surface area contributed by atoms with Crippen molar-refractivity contribution >= 4 is 17.4 Å². The first-order chi connectivity index (χ1) is 15.5. The highest BCUT2D eigenvalue weighted by atomic mass is 16.5. The maximum Gasteiger partial charge on any atom is 0.266 e. The number of anilines is 1. The Bertz CT molecular complexity index is 989. The van der Waals surface area contributed by atoms with E-state index in [1.54, 1.807) is 19.2 Å². The van der Waals surface area contributed by atoms with E-state index < -0.39 is 23.9 Å². The fourth-order valence-corrected chi connectivity index (χ4v) is 4.01. The van der Waals surface area contributed by atoms with Gasteiger partial charge in [0.25, 0.3) is 5.91 Å². The molecule has 2 unspecified atom stereocenters. The molecule has 9 heteroatoms. The number of ketones is 1. The Balaban J connectivity index is 1.26. The monoisotopic (exact) mass is 441 g/mol. The van der Waals surface area contributed by atoms with Crippen molar-refractivity contribution in [2.75, 3.05) is 51.3 Å². The minimum absolute atomic E-state index is 0.0831. The first kappa shape index (κ1) is 21.9. The second kappa shape index (κ2) is 9.46. The van der Waals surface area contributed by atoms with E-state index in [-0.39, 0.29) is 12.2 Å². The van der Waals surface area contributed by atoms with Crippen molar-refractivity contribution in [2.45, 2.75) is 12.2 Å². The van der Waals surface area contributed by atoms with Gasteiger partial charge in [0.15, 0.2) is 0 Å². The molecule has 2 aromatic rings. The molecule has 0 saturated carbocycles. The van der Waals surface area contributed by atoms with Crippen LogP contribution in [0.3, 0.4) is 0 Å². The Morgan fingerprint density at radius 3 is 2.69 bits per heavy atom. The molecule has 0 spiro atoms. The number of nitrogens with two attached hydrogens (primary N) is 1. The molecule has 1 saturated heterocycles. The largest absolute Gasteiger partial charge is 0.495 e. The number of aliphatic hydroxyl groups excluding tert-OH is 1. The summed E-state index contributed by atoms with van der Waals surface area (Å²) in [5.41, 5.74) is 6.52. The van der Waals surface area contributed by atoms with Gasteiger partial charge in [-0.05, 0) is 30.3 Å². The normalized spacial score (nSPS) is 19.2. The summed E-state index contributed by atoms with van der Waals surface area (Å²) >= 11 is 0. The topological polar surface area (TPSA) is 115 Å². The molecular formula is C23H27N3O6. The summed E-state index contributed by atoms with van der Waals surface area (Å²) < 4.78 is 16.4. The molecule has 0 aromatic heterocycles. The number of rotatable bonds is 8. The molecular weight excluding hydrogens is 414 g/mol. The van der Waals surface area contributed by atoms with E-state index in [4.69, 9.17) is 19.9 Å². The van der Waals surface area contributed by atoms with Gasteiger partial charge >= 0.3 is 0 Å². The van der Waals surface area contributed by atoms with Gasteiger partial charge in [-0.2, -0.15) is 0 Å². The number of benzene rings is 2. The van der Waals surface area contributed by atoms with Gasteiger partial charge in [-0.15, -0.1) is 0 Å². The number of carbonyl (C=O) groups is 2. The Labute approximate surface area is 186 Å². The molecule has 170 valence electrons. The fraction of sp³-hybridized carbons (Fsp3) is 0.391. The van der Waals surface area contributed by atoms with Crippen LogP contribution in [0.4, 0.5) is 5.69 Å². The van der Waals surface area contributed by atoms with Crippen molar-refractivity contribution < 1.29 is 28.9 Å². The molecule has 2 aromatic carbocycles. The number of ether oxygens (including phenoxy) is 3. The van der Waals surface area contributed by atoms with Crippen LogP contribution in [-0.4, -0.2) is 80.3 Å². The number of nitrogens with zero attached hydrogens (tertiary/aromatic N) is 2. The number of Topliss-reactive ketones (excluding diaryl/α,β-unsaturated/α-hetero) is 1. The molecule has 0 aliphatic carbocycles. The van der Waals surface area contributed by atoms with Crippen LogP contribution in [0.1, 0.15) is 10.4 Å². The van der Waals surface area contributed by atoms with Gasteiger partial charge in [0.05, 0.1) is 18.4 Å². The second-order valence-corrected chi connectivity index (χ2v) is 7.85. The molecule has 2 aliphatic rings.